The van der Waals surface area contributed by atoms with Crippen molar-refractivity contribution < 1.29 is 9.57 Å². The maximum absolute atomic E-state index is 5.29. The van der Waals surface area contributed by atoms with Crippen molar-refractivity contribution in [1.29, 1.82) is 0 Å². The van der Waals surface area contributed by atoms with Crippen molar-refractivity contribution in [3.05, 3.63) is 0 Å². The average molecular weight is 214 g/mol. The van der Waals surface area contributed by atoms with Gasteiger partial charge in [0.2, 0.25) is 0 Å². The number of oxime groups is 1. The molecule has 0 unspecified atom stereocenters. The summed E-state index contributed by atoms with van der Waals surface area (Å²) in [6.45, 7) is 7.54. The Morgan fingerprint density at radius 3 is 2.93 bits per heavy atom. The van der Waals surface area contributed by atoms with E-state index in [-0.39, 0.29) is 0 Å². The van der Waals surface area contributed by atoms with E-state index in [2.05, 4.69) is 10.1 Å². The SMILES string of the molecule is COCCN1CCC[C@H]1CON=C(C)C. The molecule has 0 N–H and O–H groups in total. The Balaban J connectivity index is 2.23. The fraction of sp³-hybridized carbons (Fsp3) is 0.909. The molecular weight excluding hydrogens is 192 g/mol. The summed E-state index contributed by atoms with van der Waals surface area (Å²) in [4.78, 5) is 7.72. The van der Waals surface area contributed by atoms with Crippen molar-refractivity contribution in [2.75, 3.05) is 33.4 Å². The molecule has 15 heavy (non-hydrogen) atoms. The van der Waals surface area contributed by atoms with Gasteiger partial charge in [-0.3, -0.25) is 4.90 Å². The molecule has 88 valence electrons. The Morgan fingerprint density at radius 2 is 2.27 bits per heavy atom. The second-order valence-corrected chi connectivity index (χ2v) is 4.16. The first-order valence-corrected chi connectivity index (χ1v) is 5.60. The van der Waals surface area contributed by atoms with Crippen LogP contribution in [0.2, 0.25) is 0 Å². The molecule has 1 saturated heterocycles. The number of nitrogens with zero attached hydrogens (tertiary/aromatic N) is 2. The molecule has 1 atom stereocenters. The molecule has 0 spiro atoms. The predicted molar refractivity (Wildman–Crippen MR) is 61.2 cm³/mol. The molecule has 0 aromatic rings. The Bertz CT molecular complexity index is 203. The van der Waals surface area contributed by atoms with Crippen LogP contribution in [0.4, 0.5) is 0 Å². The molecule has 0 bridgehead atoms. The summed E-state index contributed by atoms with van der Waals surface area (Å²) >= 11 is 0. The fourth-order valence-corrected chi connectivity index (χ4v) is 1.84. The molecular formula is C11H22N2O2. The monoisotopic (exact) mass is 214 g/mol. The molecule has 1 aliphatic heterocycles. The van der Waals surface area contributed by atoms with Gasteiger partial charge in [0.1, 0.15) is 6.61 Å². The third-order valence-electron chi connectivity index (χ3n) is 2.60. The number of ether oxygens (including phenoxy) is 1. The molecule has 1 rings (SSSR count). The highest BCUT2D eigenvalue weighted by molar-refractivity contribution is 5.78. The van der Waals surface area contributed by atoms with Crippen LogP contribution in [0.15, 0.2) is 5.16 Å². The van der Waals surface area contributed by atoms with Crippen LogP contribution in [-0.2, 0) is 9.57 Å². The van der Waals surface area contributed by atoms with E-state index in [1.807, 2.05) is 13.8 Å². The van der Waals surface area contributed by atoms with Gasteiger partial charge in [-0.15, -0.1) is 0 Å². The largest absolute Gasteiger partial charge is 0.394 e. The summed E-state index contributed by atoms with van der Waals surface area (Å²) in [5.74, 6) is 0. The second-order valence-electron chi connectivity index (χ2n) is 4.16. The van der Waals surface area contributed by atoms with Gasteiger partial charge < -0.3 is 9.57 Å². The highest BCUT2D eigenvalue weighted by atomic mass is 16.6. The number of rotatable bonds is 6. The lowest BCUT2D eigenvalue weighted by Gasteiger charge is -2.22. The van der Waals surface area contributed by atoms with Crippen LogP contribution in [0, 0.1) is 0 Å². The smallest absolute Gasteiger partial charge is 0.132 e. The third kappa shape index (κ3) is 4.62. The van der Waals surface area contributed by atoms with Crippen molar-refractivity contribution in [3.8, 4) is 0 Å². The molecule has 1 fully saturated rings. The van der Waals surface area contributed by atoms with Gasteiger partial charge >= 0.3 is 0 Å². The molecule has 0 aromatic carbocycles. The summed E-state index contributed by atoms with van der Waals surface area (Å²) in [7, 11) is 1.74. The summed E-state index contributed by atoms with van der Waals surface area (Å²) < 4.78 is 5.08. The first kappa shape index (κ1) is 12.5. The molecule has 4 heteroatoms. The van der Waals surface area contributed by atoms with Crippen LogP contribution in [0.25, 0.3) is 0 Å². The van der Waals surface area contributed by atoms with Crippen molar-refractivity contribution in [2.24, 2.45) is 5.16 Å². The molecule has 0 aromatic heterocycles. The Morgan fingerprint density at radius 1 is 1.47 bits per heavy atom. The zero-order valence-electron chi connectivity index (χ0n) is 10.0. The van der Waals surface area contributed by atoms with Crippen molar-refractivity contribution >= 4 is 5.71 Å². The minimum Gasteiger partial charge on any atom is -0.394 e. The molecule has 0 amide bonds. The lowest BCUT2D eigenvalue weighted by atomic mass is 10.2. The molecule has 4 nitrogen and oxygen atoms in total. The van der Waals surface area contributed by atoms with Gasteiger partial charge in [-0.05, 0) is 33.2 Å². The lowest BCUT2D eigenvalue weighted by molar-refractivity contribution is 0.0681. The fourth-order valence-electron chi connectivity index (χ4n) is 1.84. The first-order valence-electron chi connectivity index (χ1n) is 5.60. The Kier molecular flexibility index (Phi) is 5.65. The minimum atomic E-state index is 0.517. The van der Waals surface area contributed by atoms with E-state index in [4.69, 9.17) is 9.57 Å². The maximum Gasteiger partial charge on any atom is 0.132 e. The molecule has 1 heterocycles. The van der Waals surface area contributed by atoms with E-state index in [0.717, 1.165) is 25.4 Å². The van der Waals surface area contributed by atoms with Gasteiger partial charge in [-0.25, -0.2) is 0 Å². The average Bonchev–Trinajstić information content (AvgIpc) is 2.62. The highest BCUT2D eigenvalue weighted by Gasteiger charge is 2.24. The standard InChI is InChI=1S/C11H22N2O2/c1-10(2)12-15-9-11-5-4-6-13(11)7-8-14-3/h11H,4-9H2,1-3H3/t11-/m0/s1. The van der Waals surface area contributed by atoms with E-state index < -0.39 is 0 Å². The van der Waals surface area contributed by atoms with Crippen LogP contribution in [-0.4, -0.2) is 50.1 Å². The van der Waals surface area contributed by atoms with Crippen LogP contribution in [0.3, 0.4) is 0 Å². The summed E-state index contributed by atoms with van der Waals surface area (Å²) in [6.07, 6.45) is 2.47. The molecule has 1 aliphatic rings. The van der Waals surface area contributed by atoms with Gasteiger partial charge in [0, 0.05) is 19.7 Å². The van der Waals surface area contributed by atoms with Gasteiger partial charge in [-0.1, -0.05) is 5.16 Å². The van der Waals surface area contributed by atoms with Gasteiger partial charge in [0.25, 0.3) is 0 Å². The second kappa shape index (κ2) is 6.80. The van der Waals surface area contributed by atoms with E-state index in [1.165, 1.54) is 12.8 Å². The van der Waals surface area contributed by atoms with E-state index in [9.17, 15) is 0 Å². The van der Waals surface area contributed by atoms with Gasteiger partial charge in [0.15, 0.2) is 0 Å². The molecule has 0 saturated carbocycles. The predicted octanol–water partition coefficient (Wildman–Crippen LogP) is 1.51. The quantitative estimate of drug-likeness (QED) is 0.496. The molecule has 0 aliphatic carbocycles. The van der Waals surface area contributed by atoms with Crippen molar-refractivity contribution in [1.82, 2.24) is 4.90 Å². The Hall–Kier alpha value is -0.610. The van der Waals surface area contributed by atoms with Crippen LogP contribution < -0.4 is 0 Å². The normalized spacial score (nSPS) is 21.7. The van der Waals surface area contributed by atoms with E-state index in [0.29, 0.717) is 12.6 Å². The van der Waals surface area contributed by atoms with Crippen LogP contribution in [0.5, 0.6) is 0 Å². The maximum atomic E-state index is 5.29. The zero-order chi connectivity index (χ0) is 11.1. The van der Waals surface area contributed by atoms with Crippen molar-refractivity contribution in [2.45, 2.75) is 32.7 Å². The Labute approximate surface area is 92.2 Å². The van der Waals surface area contributed by atoms with Gasteiger partial charge in [-0.2, -0.15) is 0 Å². The number of methoxy groups -OCH3 is 1. The molecule has 0 radical (unpaired) electrons. The summed E-state index contributed by atoms with van der Waals surface area (Å²) in [5.41, 5.74) is 0.969. The first-order chi connectivity index (χ1) is 7.24. The van der Waals surface area contributed by atoms with Gasteiger partial charge in [0.05, 0.1) is 12.3 Å². The lowest BCUT2D eigenvalue weighted by Crippen LogP contribution is -2.35. The zero-order valence-corrected chi connectivity index (χ0v) is 10.0. The third-order valence-corrected chi connectivity index (χ3v) is 2.60. The number of hydrogen-bond acceptors (Lipinski definition) is 4. The summed E-state index contributed by atoms with van der Waals surface area (Å²) in [5, 5.41) is 3.96. The highest BCUT2D eigenvalue weighted by Crippen LogP contribution is 2.16. The van der Waals surface area contributed by atoms with E-state index in [1.54, 1.807) is 7.11 Å². The summed E-state index contributed by atoms with van der Waals surface area (Å²) in [6, 6.07) is 0.517. The van der Waals surface area contributed by atoms with Crippen LogP contribution in [0.1, 0.15) is 26.7 Å². The number of hydrogen-bond donors (Lipinski definition) is 0. The van der Waals surface area contributed by atoms with Crippen LogP contribution >= 0.6 is 0 Å². The minimum absolute atomic E-state index is 0.517. The topological polar surface area (TPSA) is 34.1 Å². The van der Waals surface area contributed by atoms with Crippen molar-refractivity contribution in [3.63, 3.8) is 0 Å². The van der Waals surface area contributed by atoms with E-state index >= 15 is 0 Å². The number of likely N-dealkylation sites (tertiary alicyclic amines) is 1.